The topological polar surface area (TPSA) is 67.4 Å². The van der Waals surface area contributed by atoms with Crippen LogP contribution in [0.5, 0.6) is 5.75 Å². The van der Waals surface area contributed by atoms with Crippen LogP contribution in [0.15, 0.2) is 47.4 Å². The summed E-state index contributed by atoms with van der Waals surface area (Å²) in [6.07, 6.45) is -3.39. The normalized spacial score (nSPS) is 14.8. The summed E-state index contributed by atoms with van der Waals surface area (Å²) in [6, 6.07) is 8.81. The van der Waals surface area contributed by atoms with Crippen LogP contribution in [0.1, 0.15) is 18.4 Å². The minimum absolute atomic E-state index is 0.0136. The van der Waals surface area contributed by atoms with Crippen molar-refractivity contribution >= 4 is 15.7 Å². The molecule has 1 saturated carbocycles. The Morgan fingerprint density at radius 2 is 1.81 bits per heavy atom. The molecule has 0 unspecified atom stereocenters. The summed E-state index contributed by atoms with van der Waals surface area (Å²) in [7, 11) is -3.68. The van der Waals surface area contributed by atoms with Gasteiger partial charge in [0.05, 0.1) is 4.90 Å². The van der Waals surface area contributed by atoms with Gasteiger partial charge in [0.1, 0.15) is 11.6 Å². The van der Waals surface area contributed by atoms with Gasteiger partial charge in [-0.05, 0) is 43.2 Å². The van der Waals surface area contributed by atoms with E-state index < -0.39 is 28.0 Å². The fraction of sp³-hybridized carbons (Fsp3) is 0.294. The summed E-state index contributed by atoms with van der Waals surface area (Å²) in [5, 5.41) is 2.73. The molecule has 0 aromatic heterocycles. The number of ether oxygens (including phenoxy) is 1. The van der Waals surface area contributed by atoms with Gasteiger partial charge in [-0.1, -0.05) is 12.1 Å². The van der Waals surface area contributed by atoms with Crippen LogP contribution in [0, 0.1) is 5.82 Å². The second-order valence-corrected chi connectivity index (χ2v) is 7.76. The van der Waals surface area contributed by atoms with Crippen molar-refractivity contribution in [1.82, 2.24) is 4.72 Å². The molecule has 27 heavy (non-hydrogen) atoms. The summed E-state index contributed by atoms with van der Waals surface area (Å²) in [5.41, 5.74) is -0.00549. The van der Waals surface area contributed by atoms with Gasteiger partial charge < -0.3 is 10.1 Å². The first kappa shape index (κ1) is 19.4. The Hall–Kier alpha value is -2.33. The molecule has 146 valence electrons. The van der Waals surface area contributed by atoms with Crippen LogP contribution in [0.3, 0.4) is 0 Å². The van der Waals surface area contributed by atoms with Gasteiger partial charge in [0, 0.05) is 23.8 Å². The number of nitrogens with one attached hydrogen (secondary N) is 2. The van der Waals surface area contributed by atoms with Crippen molar-refractivity contribution < 1.29 is 30.7 Å². The molecule has 2 N–H and O–H groups in total. The maximum Gasteiger partial charge on any atom is 0.573 e. The molecule has 5 nitrogen and oxygen atoms in total. The zero-order valence-electron chi connectivity index (χ0n) is 13.9. The van der Waals surface area contributed by atoms with E-state index in [0.29, 0.717) is 5.69 Å². The number of anilines is 1. The van der Waals surface area contributed by atoms with Gasteiger partial charge in [-0.25, -0.2) is 17.5 Å². The predicted molar refractivity (Wildman–Crippen MR) is 90.2 cm³/mol. The molecule has 0 spiro atoms. The summed E-state index contributed by atoms with van der Waals surface area (Å²) in [4.78, 5) is 0.0136. The summed E-state index contributed by atoms with van der Waals surface area (Å²) in [6.45, 7) is -0.322. The first-order valence-corrected chi connectivity index (χ1v) is 9.52. The number of alkyl halides is 3. The van der Waals surface area contributed by atoms with Crippen LogP contribution in [0.25, 0.3) is 0 Å². The molecular formula is C17H16F4N2O3S. The lowest BCUT2D eigenvalue weighted by atomic mass is 10.2. The van der Waals surface area contributed by atoms with Crippen molar-refractivity contribution in [2.24, 2.45) is 0 Å². The Morgan fingerprint density at radius 3 is 2.48 bits per heavy atom. The summed E-state index contributed by atoms with van der Waals surface area (Å²) in [5.74, 6) is -1.53. The van der Waals surface area contributed by atoms with Crippen LogP contribution >= 0.6 is 0 Å². The maximum absolute atomic E-state index is 14.0. The molecule has 2 aromatic rings. The van der Waals surface area contributed by atoms with Gasteiger partial charge >= 0.3 is 6.36 Å². The van der Waals surface area contributed by atoms with Crippen molar-refractivity contribution in [2.45, 2.75) is 36.7 Å². The van der Waals surface area contributed by atoms with Gasteiger partial charge in [0.15, 0.2) is 0 Å². The second-order valence-electron chi connectivity index (χ2n) is 6.04. The highest BCUT2D eigenvalue weighted by molar-refractivity contribution is 7.89. The van der Waals surface area contributed by atoms with Crippen LogP contribution in [-0.4, -0.2) is 20.8 Å². The molecule has 3 rings (SSSR count). The molecule has 1 aliphatic carbocycles. The average molecular weight is 404 g/mol. The van der Waals surface area contributed by atoms with E-state index in [0.717, 1.165) is 31.0 Å². The Bertz CT molecular complexity index is 928. The van der Waals surface area contributed by atoms with Crippen LogP contribution in [0.4, 0.5) is 23.2 Å². The van der Waals surface area contributed by atoms with E-state index in [9.17, 15) is 26.0 Å². The van der Waals surface area contributed by atoms with Gasteiger partial charge in [0.2, 0.25) is 10.0 Å². The Kier molecular flexibility index (Phi) is 5.29. The summed E-state index contributed by atoms with van der Waals surface area (Å²) >= 11 is 0. The number of halogens is 4. The van der Waals surface area contributed by atoms with Crippen LogP contribution < -0.4 is 14.8 Å². The number of hydrogen-bond donors (Lipinski definition) is 2. The lowest BCUT2D eigenvalue weighted by molar-refractivity contribution is -0.274. The molecule has 0 amide bonds. The van der Waals surface area contributed by atoms with Gasteiger partial charge in [-0.3, -0.25) is 0 Å². The number of sulfonamides is 1. The molecule has 0 aliphatic heterocycles. The fourth-order valence-corrected chi connectivity index (χ4v) is 3.73. The number of rotatable bonds is 7. The van der Waals surface area contributed by atoms with Gasteiger partial charge in [0.25, 0.3) is 0 Å². The average Bonchev–Trinajstić information content (AvgIpc) is 3.36. The highest BCUT2D eigenvalue weighted by atomic mass is 32.2. The van der Waals surface area contributed by atoms with E-state index in [2.05, 4.69) is 14.8 Å². The Morgan fingerprint density at radius 1 is 1.11 bits per heavy atom. The fourth-order valence-electron chi connectivity index (χ4n) is 2.38. The highest BCUT2D eigenvalue weighted by Crippen LogP contribution is 2.29. The van der Waals surface area contributed by atoms with Crippen LogP contribution in [-0.2, 0) is 16.6 Å². The maximum atomic E-state index is 14.0. The second kappa shape index (κ2) is 7.35. The summed E-state index contributed by atoms with van der Waals surface area (Å²) < 4.78 is 82.2. The third kappa shape index (κ3) is 5.33. The Labute approximate surface area is 153 Å². The first-order chi connectivity index (χ1) is 12.6. The standard InChI is InChI=1S/C17H16F4N2O3S/c18-15-5-2-6-16(26-17(19,20)21)14(15)10-22-12-3-1-4-13(9-12)27(24,25)23-11-7-8-11/h1-6,9,11,22-23H,7-8,10H2. The van der Waals surface area contributed by atoms with Crippen LogP contribution in [0.2, 0.25) is 0 Å². The molecule has 1 fully saturated rings. The van der Waals surface area contributed by atoms with Gasteiger partial charge in [-0.2, -0.15) is 0 Å². The van der Waals surface area contributed by atoms with Crippen molar-refractivity contribution in [3.63, 3.8) is 0 Å². The van der Waals surface area contributed by atoms with Crippen molar-refractivity contribution in [2.75, 3.05) is 5.32 Å². The molecule has 0 saturated heterocycles. The smallest absolute Gasteiger partial charge is 0.405 e. The van der Waals surface area contributed by atoms with E-state index in [1.165, 1.54) is 24.3 Å². The number of hydrogen-bond acceptors (Lipinski definition) is 4. The lowest BCUT2D eigenvalue weighted by Gasteiger charge is -2.15. The van der Waals surface area contributed by atoms with Crippen molar-refractivity contribution in [3.8, 4) is 5.75 Å². The monoisotopic (exact) mass is 404 g/mol. The quantitative estimate of drug-likeness (QED) is 0.690. The van der Waals surface area contributed by atoms with E-state index in [1.807, 2.05) is 0 Å². The third-order valence-corrected chi connectivity index (χ3v) is 5.33. The molecule has 2 aromatic carbocycles. The first-order valence-electron chi connectivity index (χ1n) is 8.03. The van der Waals surface area contributed by atoms with E-state index in [-0.39, 0.29) is 23.0 Å². The zero-order valence-corrected chi connectivity index (χ0v) is 14.7. The van der Waals surface area contributed by atoms with E-state index >= 15 is 0 Å². The molecule has 0 bridgehead atoms. The molecule has 10 heteroatoms. The largest absolute Gasteiger partial charge is 0.573 e. The lowest BCUT2D eigenvalue weighted by Crippen LogP contribution is -2.25. The molecule has 1 aliphatic rings. The Balaban J connectivity index is 1.77. The molecule has 0 heterocycles. The van der Waals surface area contributed by atoms with Gasteiger partial charge in [-0.15, -0.1) is 13.2 Å². The van der Waals surface area contributed by atoms with Crippen molar-refractivity contribution in [3.05, 3.63) is 53.8 Å². The number of benzene rings is 2. The molecular weight excluding hydrogens is 388 g/mol. The van der Waals surface area contributed by atoms with E-state index in [4.69, 9.17) is 0 Å². The minimum Gasteiger partial charge on any atom is -0.405 e. The van der Waals surface area contributed by atoms with E-state index in [1.54, 1.807) is 0 Å². The predicted octanol–water partition coefficient (Wildman–Crippen LogP) is 3.78. The highest BCUT2D eigenvalue weighted by Gasteiger charge is 2.32. The SMILES string of the molecule is O=S(=O)(NC1CC1)c1cccc(NCc2c(F)cccc2OC(F)(F)F)c1. The van der Waals surface area contributed by atoms with Crippen molar-refractivity contribution in [1.29, 1.82) is 0 Å². The molecule has 0 atom stereocenters. The minimum atomic E-state index is -4.95. The third-order valence-electron chi connectivity index (χ3n) is 3.81. The zero-order chi connectivity index (χ0) is 19.7. The molecule has 0 radical (unpaired) electrons.